The highest BCUT2D eigenvalue weighted by molar-refractivity contribution is 6.20. The third kappa shape index (κ3) is 5.85. The van der Waals surface area contributed by atoms with Crippen LogP contribution in [0.2, 0.25) is 0 Å². The molecule has 72 heavy (non-hydrogen) atoms. The van der Waals surface area contributed by atoms with E-state index in [1.165, 1.54) is 38.8 Å². The molecular formula is C69H43NO2. The summed E-state index contributed by atoms with van der Waals surface area (Å²) in [7, 11) is 0. The van der Waals surface area contributed by atoms with Crippen LogP contribution >= 0.6 is 0 Å². The van der Waals surface area contributed by atoms with Gasteiger partial charge in [0.25, 0.3) is 0 Å². The molecule has 0 fully saturated rings. The van der Waals surface area contributed by atoms with Crippen molar-refractivity contribution in [2.75, 3.05) is 4.90 Å². The van der Waals surface area contributed by atoms with Gasteiger partial charge >= 0.3 is 0 Å². The molecule has 3 nitrogen and oxygen atoms in total. The van der Waals surface area contributed by atoms with E-state index in [2.05, 4.69) is 266 Å². The van der Waals surface area contributed by atoms with Crippen molar-refractivity contribution in [2.45, 2.75) is 5.41 Å². The molecular weight excluding hydrogens is 875 g/mol. The number of rotatable bonds is 7. The van der Waals surface area contributed by atoms with E-state index in [1.807, 2.05) is 0 Å². The highest BCUT2D eigenvalue weighted by atomic mass is 16.3. The third-order valence-electron chi connectivity index (χ3n) is 15.3. The molecule has 0 radical (unpaired) electrons. The SMILES string of the molecule is c1ccc(C2(c3ccccc3)c3ccccc3-c3c(N(c4ccc(-c5cccc6oc7c8ccccc8ccc7c56)cc4)c4cccc(-c5cccc6oc7c8ccccc8ccc7c56)c4)cccc32)cc1. The second-order valence-electron chi connectivity index (χ2n) is 19.0. The standard InChI is InChI=1S/C69H43NO2/c1-3-20-48(21-4-1)69(49-22-5-2-6-23-49)59-30-12-11-27-56(59)66-60(69)31-16-32-61(66)70(50-39-35-46(36-40-50)52-28-14-33-62-64(52)57-41-37-44-17-7-9-25-54(44)67(57)71-62)51-24-13-19-47(43-51)53-29-15-34-63-65(53)58-42-38-45-18-8-10-26-55(45)68(58)72-63/h1-43H. The predicted molar refractivity (Wildman–Crippen MR) is 299 cm³/mol. The normalized spacial score (nSPS) is 12.8. The molecule has 2 aromatic heterocycles. The van der Waals surface area contributed by atoms with Crippen molar-refractivity contribution in [1.29, 1.82) is 0 Å². The van der Waals surface area contributed by atoms with Gasteiger partial charge in [-0.15, -0.1) is 0 Å². The Labute approximate surface area is 416 Å². The minimum absolute atomic E-state index is 0.554. The van der Waals surface area contributed by atoms with Crippen LogP contribution in [0.5, 0.6) is 0 Å². The van der Waals surface area contributed by atoms with Gasteiger partial charge in [-0.3, -0.25) is 0 Å². The van der Waals surface area contributed by atoms with Gasteiger partial charge < -0.3 is 13.7 Å². The molecule has 0 aliphatic heterocycles. The Morgan fingerprint density at radius 3 is 1.47 bits per heavy atom. The lowest BCUT2D eigenvalue weighted by Crippen LogP contribution is -2.28. The van der Waals surface area contributed by atoms with E-state index < -0.39 is 5.41 Å². The van der Waals surface area contributed by atoms with E-state index in [-0.39, 0.29) is 0 Å². The molecule has 3 heteroatoms. The summed E-state index contributed by atoms with van der Waals surface area (Å²) in [5, 5.41) is 9.05. The van der Waals surface area contributed by atoms with Crippen LogP contribution in [0, 0.1) is 0 Å². The van der Waals surface area contributed by atoms with E-state index >= 15 is 0 Å². The zero-order valence-electron chi connectivity index (χ0n) is 39.1. The zero-order chi connectivity index (χ0) is 47.3. The minimum Gasteiger partial charge on any atom is -0.455 e. The fraction of sp³-hybridized carbons (Fsp3) is 0.0145. The molecule has 2 heterocycles. The van der Waals surface area contributed by atoms with Gasteiger partial charge in [-0.1, -0.05) is 206 Å². The Morgan fingerprint density at radius 1 is 0.319 bits per heavy atom. The first-order chi connectivity index (χ1) is 35.7. The average Bonchev–Trinajstić information content (AvgIpc) is 4.14. The number of fused-ring (bicyclic) bond motifs is 13. The van der Waals surface area contributed by atoms with Gasteiger partial charge in [-0.05, 0) is 115 Å². The van der Waals surface area contributed by atoms with E-state index in [9.17, 15) is 0 Å². The number of anilines is 3. The van der Waals surface area contributed by atoms with Gasteiger partial charge in [0.05, 0.1) is 11.1 Å². The second-order valence-corrected chi connectivity index (χ2v) is 19.0. The van der Waals surface area contributed by atoms with Crippen LogP contribution < -0.4 is 4.90 Å². The molecule has 15 rings (SSSR count). The summed E-state index contributed by atoms with van der Waals surface area (Å²) in [6.45, 7) is 0. The molecule has 336 valence electrons. The number of benzene rings is 12. The first-order valence-corrected chi connectivity index (χ1v) is 24.7. The predicted octanol–water partition coefficient (Wildman–Crippen LogP) is 19.0. The summed E-state index contributed by atoms with van der Waals surface area (Å²) in [6.07, 6.45) is 0. The van der Waals surface area contributed by atoms with Gasteiger partial charge in [-0.2, -0.15) is 0 Å². The van der Waals surface area contributed by atoms with Crippen LogP contribution in [0.4, 0.5) is 17.1 Å². The van der Waals surface area contributed by atoms with Crippen molar-refractivity contribution in [2.24, 2.45) is 0 Å². The van der Waals surface area contributed by atoms with Crippen LogP contribution in [0.1, 0.15) is 22.3 Å². The molecule has 12 aromatic carbocycles. The Morgan fingerprint density at radius 2 is 0.833 bits per heavy atom. The summed E-state index contributed by atoms with van der Waals surface area (Å²) in [5.74, 6) is 0. The third-order valence-corrected chi connectivity index (χ3v) is 15.3. The Balaban J connectivity index is 0.959. The van der Waals surface area contributed by atoms with Crippen LogP contribution in [-0.4, -0.2) is 0 Å². The number of furan rings is 2. The molecule has 1 aliphatic carbocycles. The number of nitrogens with zero attached hydrogens (tertiary/aromatic N) is 1. The zero-order valence-corrected chi connectivity index (χ0v) is 39.1. The maximum absolute atomic E-state index is 6.72. The summed E-state index contributed by atoms with van der Waals surface area (Å²) in [6, 6.07) is 94.9. The molecule has 1 aliphatic rings. The molecule has 0 atom stereocenters. The van der Waals surface area contributed by atoms with Gasteiger partial charge in [0, 0.05) is 49.3 Å². The monoisotopic (exact) mass is 917 g/mol. The fourth-order valence-electron chi connectivity index (χ4n) is 12.3. The first-order valence-electron chi connectivity index (χ1n) is 24.7. The van der Waals surface area contributed by atoms with Crippen LogP contribution in [0.25, 0.3) is 98.8 Å². The number of hydrogen-bond acceptors (Lipinski definition) is 3. The van der Waals surface area contributed by atoms with E-state index in [4.69, 9.17) is 8.83 Å². The van der Waals surface area contributed by atoms with Crippen molar-refractivity contribution < 1.29 is 8.83 Å². The number of hydrogen-bond donors (Lipinski definition) is 0. The average molecular weight is 918 g/mol. The van der Waals surface area contributed by atoms with E-state index in [1.54, 1.807) is 0 Å². The Hall–Kier alpha value is -9.44. The highest BCUT2D eigenvalue weighted by Crippen LogP contribution is 2.59. The fourth-order valence-corrected chi connectivity index (χ4v) is 12.3. The van der Waals surface area contributed by atoms with E-state index in [0.717, 1.165) is 99.4 Å². The van der Waals surface area contributed by atoms with Gasteiger partial charge in [-0.25, -0.2) is 0 Å². The van der Waals surface area contributed by atoms with Crippen molar-refractivity contribution in [3.8, 4) is 33.4 Å². The van der Waals surface area contributed by atoms with Crippen LogP contribution in [0.3, 0.4) is 0 Å². The van der Waals surface area contributed by atoms with Crippen molar-refractivity contribution >= 4 is 82.5 Å². The molecule has 0 N–H and O–H groups in total. The van der Waals surface area contributed by atoms with E-state index in [0.29, 0.717) is 0 Å². The lowest BCUT2D eigenvalue weighted by Gasteiger charge is -2.34. The van der Waals surface area contributed by atoms with Crippen LogP contribution in [0.15, 0.2) is 270 Å². The lowest BCUT2D eigenvalue weighted by atomic mass is 9.68. The van der Waals surface area contributed by atoms with Gasteiger partial charge in [0.2, 0.25) is 0 Å². The smallest absolute Gasteiger partial charge is 0.143 e. The summed E-state index contributed by atoms with van der Waals surface area (Å²) < 4.78 is 13.4. The molecule has 0 saturated heterocycles. The second kappa shape index (κ2) is 15.8. The summed E-state index contributed by atoms with van der Waals surface area (Å²) >= 11 is 0. The highest BCUT2D eigenvalue weighted by Gasteiger charge is 2.47. The maximum atomic E-state index is 6.72. The molecule has 0 amide bonds. The molecule has 0 unspecified atom stereocenters. The van der Waals surface area contributed by atoms with Crippen LogP contribution in [-0.2, 0) is 5.41 Å². The molecule has 0 saturated carbocycles. The minimum atomic E-state index is -0.554. The lowest BCUT2D eigenvalue weighted by molar-refractivity contribution is 0.672. The Bertz CT molecular complexity index is 4410. The molecule has 0 bridgehead atoms. The topological polar surface area (TPSA) is 29.5 Å². The quantitative estimate of drug-likeness (QED) is 0.160. The first kappa shape index (κ1) is 40.4. The largest absolute Gasteiger partial charge is 0.455 e. The van der Waals surface area contributed by atoms with Crippen molar-refractivity contribution in [3.63, 3.8) is 0 Å². The summed E-state index contributed by atoms with van der Waals surface area (Å²) in [5.41, 5.74) is 18.2. The molecule has 14 aromatic rings. The van der Waals surface area contributed by atoms with Gasteiger partial charge in [0.15, 0.2) is 0 Å². The van der Waals surface area contributed by atoms with Crippen molar-refractivity contribution in [3.05, 3.63) is 283 Å². The van der Waals surface area contributed by atoms with Gasteiger partial charge in [0.1, 0.15) is 22.3 Å². The van der Waals surface area contributed by atoms with Crippen molar-refractivity contribution in [1.82, 2.24) is 0 Å². The molecule has 0 spiro atoms. The maximum Gasteiger partial charge on any atom is 0.143 e. The Kier molecular flexibility index (Phi) is 8.87. The summed E-state index contributed by atoms with van der Waals surface area (Å²) in [4.78, 5) is 2.47.